The molecule has 9 rings (SSSR count). The van der Waals surface area contributed by atoms with Gasteiger partial charge in [-0.05, 0) is 54.1 Å². The Labute approximate surface area is 256 Å². The minimum Gasteiger partial charge on any atom is -0.308 e. The fourth-order valence-corrected chi connectivity index (χ4v) is 7.65. The predicted molar refractivity (Wildman–Crippen MR) is 184 cm³/mol. The summed E-state index contributed by atoms with van der Waals surface area (Å²) in [4.78, 5) is 13.6. The first-order valence-electron chi connectivity index (χ1n) is 14.5. The molecule has 0 radical (unpaired) electrons. The number of hydrogen-bond donors (Lipinski definition) is 0. The van der Waals surface area contributed by atoms with Crippen LogP contribution in [0.25, 0.3) is 86.1 Å². The first-order chi connectivity index (χ1) is 21.8. The summed E-state index contributed by atoms with van der Waals surface area (Å²) in [5.74, 6) is 0.660. The van der Waals surface area contributed by atoms with Gasteiger partial charge in [0.2, 0.25) is 0 Å². The van der Waals surface area contributed by atoms with Crippen LogP contribution in [0.3, 0.4) is 0 Å². The maximum absolute atomic E-state index is 7.49. The van der Waals surface area contributed by atoms with Gasteiger partial charge in [-0.15, -0.1) is 11.3 Å². The Bertz CT molecular complexity index is 2620. The third-order valence-electron chi connectivity index (χ3n) is 8.42. The highest BCUT2D eigenvalue weighted by Crippen LogP contribution is 2.43. The van der Waals surface area contributed by atoms with Gasteiger partial charge in [0.05, 0.1) is 33.5 Å². The van der Waals surface area contributed by atoms with Crippen molar-refractivity contribution < 1.29 is 0 Å². The molecule has 0 N–H and O–H groups in total. The van der Waals surface area contributed by atoms with E-state index >= 15 is 0 Å². The van der Waals surface area contributed by atoms with Crippen molar-refractivity contribution in [3.63, 3.8) is 0 Å². The molecule has 9 aromatic rings. The normalized spacial score (nSPS) is 11.6. The third-order valence-corrected chi connectivity index (χ3v) is 9.61. The molecule has 0 aliphatic carbocycles. The highest BCUT2D eigenvalue weighted by atomic mass is 32.1. The lowest BCUT2D eigenvalue weighted by molar-refractivity contribution is 1.18. The second kappa shape index (κ2) is 9.60. The van der Waals surface area contributed by atoms with Crippen molar-refractivity contribution in [3.8, 4) is 28.3 Å². The van der Waals surface area contributed by atoms with Gasteiger partial charge in [0.25, 0.3) is 0 Å². The van der Waals surface area contributed by atoms with Gasteiger partial charge in [0.15, 0.2) is 11.5 Å². The van der Waals surface area contributed by atoms with E-state index in [1.165, 1.54) is 42.0 Å². The first-order valence-corrected chi connectivity index (χ1v) is 15.3. The summed E-state index contributed by atoms with van der Waals surface area (Å²) in [5, 5.41) is 6.06. The highest BCUT2D eigenvalue weighted by Gasteiger charge is 2.18. The number of para-hydroxylation sites is 2. The minimum atomic E-state index is 0.593. The SMILES string of the molecule is [C-]#[N+]c1cccc(-c2nc(-c3ccc(-n4c5ccccc5c5ccc6c7ccccc7sc6c54)cc3)nc3ccccc23)c1. The van der Waals surface area contributed by atoms with Gasteiger partial charge in [0, 0.05) is 42.9 Å². The zero-order chi connectivity index (χ0) is 29.2. The van der Waals surface area contributed by atoms with Crippen molar-refractivity contribution in [2.75, 3.05) is 0 Å². The third kappa shape index (κ3) is 3.69. The van der Waals surface area contributed by atoms with Gasteiger partial charge < -0.3 is 4.57 Å². The Kier molecular flexibility index (Phi) is 5.40. The van der Waals surface area contributed by atoms with E-state index in [9.17, 15) is 0 Å². The van der Waals surface area contributed by atoms with Gasteiger partial charge in [-0.25, -0.2) is 14.8 Å². The number of rotatable bonds is 3. The Balaban J connectivity index is 1.24. The van der Waals surface area contributed by atoms with Crippen LogP contribution in [-0.2, 0) is 0 Å². The van der Waals surface area contributed by atoms with Crippen molar-refractivity contribution in [1.29, 1.82) is 0 Å². The molecule has 0 amide bonds. The second-order valence-electron chi connectivity index (χ2n) is 10.9. The monoisotopic (exact) mass is 578 g/mol. The summed E-state index contributed by atoms with van der Waals surface area (Å²) in [7, 11) is 0. The Morgan fingerprint density at radius 2 is 1.34 bits per heavy atom. The molecule has 6 aromatic carbocycles. The predicted octanol–water partition coefficient (Wildman–Crippen LogP) is 11.0. The molecule has 0 aliphatic rings. The lowest BCUT2D eigenvalue weighted by Crippen LogP contribution is -1.97. The fourth-order valence-electron chi connectivity index (χ4n) is 6.41. The molecule has 4 nitrogen and oxygen atoms in total. The van der Waals surface area contributed by atoms with Crippen LogP contribution in [-0.4, -0.2) is 14.5 Å². The van der Waals surface area contributed by atoms with Crippen LogP contribution in [0.4, 0.5) is 5.69 Å². The van der Waals surface area contributed by atoms with Crippen molar-refractivity contribution in [1.82, 2.24) is 14.5 Å². The van der Waals surface area contributed by atoms with Crippen LogP contribution in [0.1, 0.15) is 0 Å². The summed E-state index contributed by atoms with van der Waals surface area (Å²) in [5.41, 5.74) is 7.66. The van der Waals surface area contributed by atoms with Crippen LogP contribution in [0.5, 0.6) is 0 Å². The van der Waals surface area contributed by atoms with E-state index in [1.54, 1.807) is 0 Å². The molecule has 3 aromatic heterocycles. The van der Waals surface area contributed by atoms with Crippen LogP contribution in [0.15, 0.2) is 133 Å². The molecular weight excluding hydrogens is 557 g/mol. The Morgan fingerprint density at radius 3 is 2.20 bits per heavy atom. The number of thiophene rings is 1. The van der Waals surface area contributed by atoms with Crippen molar-refractivity contribution in [2.45, 2.75) is 0 Å². The van der Waals surface area contributed by atoms with E-state index in [-0.39, 0.29) is 0 Å². The smallest absolute Gasteiger partial charge is 0.187 e. The number of fused-ring (bicyclic) bond motifs is 8. The summed E-state index contributed by atoms with van der Waals surface area (Å²) in [6, 6.07) is 46.1. The lowest BCUT2D eigenvalue weighted by Gasteiger charge is -2.12. The number of nitrogens with zero attached hydrogens (tertiary/aromatic N) is 4. The molecule has 0 saturated carbocycles. The molecule has 204 valence electrons. The van der Waals surface area contributed by atoms with E-state index in [1.807, 2.05) is 59.9 Å². The molecule has 0 unspecified atom stereocenters. The van der Waals surface area contributed by atoms with Crippen LogP contribution in [0, 0.1) is 6.57 Å². The van der Waals surface area contributed by atoms with Gasteiger partial charge in [-0.3, -0.25) is 0 Å². The Morgan fingerprint density at radius 1 is 0.591 bits per heavy atom. The Hall–Kier alpha value is -5.83. The summed E-state index contributed by atoms with van der Waals surface area (Å²) >= 11 is 1.86. The zero-order valence-corrected chi connectivity index (χ0v) is 24.2. The molecular formula is C39H22N4S. The molecule has 0 spiro atoms. The van der Waals surface area contributed by atoms with Crippen LogP contribution in [0.2, 0.25) is 0 Å². The van der Waals surface area contributed by atoms with Crippen molar-refractivity contribution >= 4 is 69.9 Å². The minimum absolute atomic E-state index is 0.593. The zero-order valence-electron chi connectivity index (χ0n) is 23.4. The topological polar surface area (TPSA) is 35.1 Å². The average Bonchev–Trinajstić information content (AvgIpc) is 3.64. The van der Waals surface area contributed by atoms with Crippen molar-refractivity contribution in [3.05, 3.63) is 145 Å². The molecule has 5 heteroatoms. The van der Waals surface area contributed by atoms with E-state index in [4.69, 9.17) is 16.5 Å². The summed E-state index contributed by atoms with van der Waals surface area (Å²) in [6.45, 7) is 7.49. The maximum Gasteiger partial charge on any atom is 0.187 e. The maximum atomic E-state index is 7.49. The van der Waals surface area contributed by atoms with Crippen LogP contribution < -0.4 is 0 Å². The molecule has 0 atom stereocenters. The summed E-state index contributed by atoms with van der Waals surface area (Å²) in [6.07, 6.45) is 0. The fraction of sp³-hybridized carbons (Fsp3) is 0. The number of aromatic nitrogens is 3. The largest absolute Gasteiger partial charge is 0.308 e. The van der Waals surface area contributed by atoms with E-state index in [0.717, 1.165) is 33.4 Å². The average molecular weight is 579 g/mol. The standard InChI is InChI=1S/C39H22N4S/c1-40-26-10-8-9-25(23-26)36-32-13-2-5-14-33(32)41-39(42-36)24-17-19-27(20-18-24)43-34-15-6-3-11-28(34)30-21-22-31-29-12-4-7-16-35(29)44-38(31)37(30)43/h2-23H. The number of hydrogen-bond acceptors (Lipinski definition) is 3. The first kappa shape index (κ1) is 24.7. The molecule has 0 saturated heterocycles. The quantitative estimate of drug-likeness (QED) is 0.196. The van der Waals surface area contributed by atoms with E-state index in [0.29, 0.717) is 11.5 Å². The highest BCUT2D eigenvalue weighted by molar-refractivity contribution is 7.26. The van der Waals surface area contributed by atoms with Crippen LogP contribution >= 0.6 is 11.3 Å². The second-order valence-corrected chi connectivity index (χ2v) is 12.0. The lowest BCUT2D eigenvalue weighted by atomic mass is 10.0. The molecule has 0 bridgehead atoms. The molecule has 44 heavy (non-hydrogen) atoms. The number of benzene rings is 6. The van der Waals surface area contributed by atoms with Gasteiger partial charge in [-0.1, -0.05) is 84.9 Å². The van der Waals surface area contributed by atoms with Gasteiger partial charge >= 0.3 is 0 Å². The summed E-state index contributed by atoms with van der Waals surface area (Å²) < 4.78 is 5.00. The van der Waals surface area contributed by atoms with Crippen molar-refractivity contribution in [2.24, 2.45) is 0 Å². The van der Waals surface area contributed by atoms with E-state index < -0.39 is 0 Å². The van der Waals surface area contributed by atoms with Gasteiger partial charge in [-0.2, -0.15) is 0 Å². The molecule has 0 aliphatic heterocycles. The van der Waals surface area contributed by atoms with E-state index in [2.05, 4.69) is 94.3 Å². The molecule has 0 fully saturated rings. The molecule has 3 heterocycles. The van der Waals surface area contributed by atoms with Gasteiger partial charge in [0.1, 0.15) is 0 Å².